The zero-order chi connectivity index (χ0) is 15.5. The zero-order valence-corrected chi connectivity index (χ0v) is 11.3. The molecule has 110 valence electrons. The van der Waals surface area contributed by atoms with E-state index in [9.17, 15) is 24.4 Å². The Morgan fingerprint density at radius 3 is 2.60 bits per heavy atom. The summed E-state index contributed by atoms with van der Waals surface area (Å²) in [7, 11) is 1.08. The van der Waals surface area contributed by atoms with Gasteiger partial charge in [0.15, 0.2) is 0 Å². The number of anilines is 1. The van der Waals surface area contributed by atoms with E-state index in [2.05, 4.69) is 10.1 Å². The standard InChI is InChI=1S/C12H15FN2O5/c1-12(2,17)6-14-9-4-7(11(16)20-3)8(13)5-10(9)15(18)19/h4-5,14,17H,6H2,1-3H3. The smallest absolute Gasteiger partial charge is 0.340 e. The second kappa shape index (κ2) is 5.83. The van der Waals surface area contributed by atoms with Crippen LogP contribution in [-0.4, -0.2) is 35.3 Å². The Morgan fingerprint density at radius 1 is 1.55 bits per heavy atom. The van der Waals surface area contributed by atoms with Gasteiger partial charge in [0.25, 0.3) is 5.69 Å². The van der Waals surface area contributed by atoms with Crippen LogP contribution >= 0.6 is 0 Å². The Balaban J connectivity index is 3.23. The number of benzene rings is 1. The lowest BCUT2D eigenvalue weighted by Gasteiger charge is -2.18. The molecule has 1 aromatic carbocycles. The van der Waals surface area contributed by atoms with Crippen LogP contribution in [0.15, 0.2) is 12.1 Å². The molecule has 0 saturated carbocycles. The van der Waals surface area contributed by atoms with Gasteiger partial charge in [-0.15, -0.1) is 0 Å². The number of halogens is 1. The van der Waals surface area contributed by atoms with Gasteiger partial charge in [-0.1, -0.05) is 0 Å². The van der Waals surface area contributed by atoms with Crippen LogP contribution in [0.3, 0.4) is 0 Å². The summed E-state index contributed by atoms with van der Waals surface area (Å²) >= 11 is 0. The lowest BCUT2D eigenvalue weighted by Crippen LogP contribution is -2.29. The molecule has 0 aliphatic rings. The topological polar surface area (TPSA) is 102 Å². The van der Waals surface area contributed by atoms with Gasteiger partial charge in [0.2, 0.25) is 0 Å². The number of carbonyl (C=O) groups is 1. The molecule has 0 saturated heterocycles. The highest BCUT2D eigenvalue weighted by Crippen LogP contribution is 2.28. The minimum atomic E-state index is -1.13. The van der Waals surface area contributed by atoms with Gasteiger partial charge < -0.3 is 15.2 Å². The Bertz CT molecular complexity index is 539. The van der Waals surface area contributed by atoms with Gasteiger partial charge in [-0.3, -0.25) is 10.1 Å². The molecule has 0 heterocycles. The van der Waals surface area contributed by atoms with Crippen molar-refractivity contribution in [2.75, 3.05) is 19.0 Å². The van der Waals surface area contributed by atoms with E-state index in [-0.39, 0.29) is 12.2 Å². The van der Waals surface area contributed by atoms with Gasteiger partial charge in [-0.25, -0.2) is 9.18 Å². The number of nitrogens with zero attached hydrogens (tertiary/aromatic N) is 1. The minimum Gasteiger partial charge on any atom is -0.465 e. The molecular weight excluding hydrogens is 271 g/mol. The lowest BCUT2D eigenvalue weighted by atomic mass is 10.1. The summed E-state index contributed by atoms with van der Waals surface area (Å²) in [6.45, 7) is 2.98. The van der Waals surface area contributed by atoms with Crippen LogP contribution in [0, 0.1) is 15.9 Å². The number of ether oxygens (including phenoxy) is 1. The number of hydrogen-bond donors (Lipinski definition) is 2. The quantitative estimate of drug-likeness (QED) is 0.485. The van der Waals surface area contributed by atoms with E-state index < -0.39 is 33.6 Å². The normalized spacial score (nSPS) is 11.1. The summed E-state index contributed by atoms with van der Waals surface area (Å²) in [6, 6.07) is 1.63. The summed E-state index contributed by atoms with van der Waals surface area (Å²) in [5.74, 6) is -1.99. The molecule has 1 aromatic rings. The van der Waals surface area contributed by atoms with E-state index in [1.54, 1.807) is 0 Å². The predicted octanol–water partition coefficient (Wildman–Crippen LogP) is 1.70. The molecule has 0 radical (unpaired) electrons. The lowest BCUT2D eigenvalue weighted by molar-refractivity contribution is -0.384. The highest BCUT2D eigenvalue weighted by molar-refractivity contribution is 5.91. The highest BCUT2D eigenvalue weighted by atomic mass is 19.1. The molecule has 1 rings (SSSR count). The first kappa shape index (κ1) is 15.8. The number of nitrogens with one attached hydrogen (secondary N) is 1. The fraction of sp³-hybridized carbons (Fsp3) is 0.417. The molecule has 0 atom stereocenters. The van der Waals surface area contributed by atoms with Crippen molar-refractivity contribution in [3.05, 3.63) is 33.6 Å². The number of rotatable bonds is 5. The summed E-state index contributed by atoms with van der Waals surface area (Å²) in [5, 5.41) is 23.1. The van der Waals surface area contributed by atoms with Gasteiger partial charge >= 0.3 is 5.97 Å². The zero-order valence-electron chi connectivity index (χ0n) is 11.3. The van der Waals surface area contributed by atoms with Gasteiger partial charge in [0, 0.05) is 6.54 Å². The SMILES string of the molecule is COC(=O)c1cc(NCC(C)(C)O)c([N+](=O)[O-])cc1F. The molecule has 20 heavy (non-hydrogen) atoms. The summed E-state index contributed by atoms with van der Waals surface area (Å²) in [6.07, 6.45) is 0. The maximum Gasteiger partial charge on any atom is 0.340 e. The van der Waals surface area contributed by atoms with Crippen LogP contribution in [0.4, 0.5) is 15.8 Å². The Hall–Kier alpha value is -2.22. The second-order valence-electron chi connectivity index (χ2n) is 4.76. The number of nitro groups is 1. The van der Waals surface area contributed by atoms with E-state index in [0.717, 1.165) is 13.2 Å². The predicted molar refractivity (Wildman–Crippen MR) is 69.2 cm³/mol. The van der Waals surface area contributed by atoms with E-state index in [4.69, 9.17) is 0 Å². The average Bonchev–Trinajstić information content (AvgIpc) is 2.34. The number of hydrogen-bond acceptors (Lipinski definition) is 6. The average molecular weight is 286 g/mol. The maximum absolute atomic E-state index is 13.6. The third-order valence-electron chi connectivity index (χ3n) is 2.40. The summed E-state index contributed by atoms with van der Waals surface area (Å²) in [5.41, 5.74) is -2.15. The molecule has 0 fully saturated rings. The van der Waals surface area contributed by atoms with Crippen molar-refractivity contribution in [2.24, 2.45) is 0 Å². The molecule has 0 aliphatic carbocycles. The molecule has 7 nitrogen and oxygen atoms in total. The monoisotopic (exact) mass is 286 g/mol. The maximum atomic E-state index is 13.6. The van der Waals surface area contributed by atoms with Crippen molar-refractivity contribution < 1.29 is 24.0 Å². The number of aliphatic hydroxyl groups is 1. The van der Waals surface area contributed by atoms with Crippen molar-refractivity contribution in [3.63, 3.8) is 0 Å². The Morgan fingerprint density at radius 2 is 2.15 bits per heavy atom. The van der Waals surface area contributed by atoms with E-state index in [0.29, 0.717) is 6.07 Å². The third-order valence-corrected chi connectivity index (χ3v) is 2.40. The fourth-order valence-corrected chi connectivity index (χ4v) is 1.43. The number of methoxy groups -OCH3 is 1. The number of esters is 1. The fourth-order valence-electron chi connectivity index (χ4n) is 1.43. The first-order valence-corrected chi connectivity index (χ1v) is 5.68. The van der Waals surface area contributed by atoms with Gasteiger partial charge in [-0.2, -0.15) is 0 Å². The third kappa shape index (κ3) is 3.89. The van der Waals surface area contributed by atoms with Gasteiger partial charge in [0.1, 0.15) is 11.5 Å². The molecular formula is C12H15FN2O5. The van der Waals surface area contributed by atoms with Crippen LogP contribution in [0.2, 0.25) is 0 Å². The molecule has 2 N–H and O–H groups in total. The van der Waals surface area contributed by atoms with Crippen LogP contribution in [-0.2, 0) is 4.74 Å². The Labute approximate surface area is 114 Å². The molecule has 0 unspecified atom stereocenters. The first-order valence-electron chi connectivity index (χ1n) is 5.68. The second-order valence-corrected chi connectivity index (χ2v) is 4.76. The highest BCUT2D eigenvalue weighted by Gasteiger charge is 2.23. The van der Waals surface area contributed by atoms with Crippen molar-refractivity contribution in [2.45, 2.75) is 19.4 Å². The molecule has 0 spiro atoms. The van der Waals surface area contributed by atoms with E-state index in [1.165, 1.54) is 13.8 Å². The van der Waals surface area contributed by atoms with Gasteiger partial charge in [0.05, 0.1) is 29.3 Å². The van der Waals surface area contributed by atoms with Crippen molar-refractivity contribution in [3.8, 4) is 0 Å². The minimum absolute atomic E-state index is 0.0138. The van der Waals surface area contributed by atoms with E-state index in [1.807, 2.05) is 0 Å². The van der Waals surface area contributed by atoms with Crippen LogP contribution in [0.25, 0.3) is 0 Å². The number of carbonyl (C=O) groups excluding carboxylic acids is 1. The Kier molecular flexibility index (Phi) is 4.61. The summed E-state index contributed by atoms with van der Waals surface area (Å²) < 4.78 is 18.0. The molecule has 0 bridgehead atoms. The largest absolute Gasteiger partial charge is 0.465 e. The molecule has 0 aliphatic heterocycles. The number of nitro benzene ring substituents is 1. The summed E-state index contributed by atoms with van der Waals surface area (Å²) in [4.78, 5) is 21.4. The molecule has 0 amide bonds. The van der Waals surface area contributed by atoms with Crippen molar-refractivity contribution in [1.82, 2.24) is 0 Å². The van der Waals surface area contributed by atoms with E-state index >= 15 is 0 Å². The van der Waals surface area contributed by atoms with Crippen LogP contribution in [0.5, 0.6) is 0 Å². The van der Waals surface area contributed by atoms with Crippen molar-refractivity contribution in [1.29, 1.82) is 0 Å². The van der Waals surface area contributed by atoms with Gasteiger partial charge in [-0.05, 0) is 19.9 Å². The molecule has 8 heteroatoms. The molecule has 0 aromatic heterocycles. The first-order chi connectivity index (χ1) is 9.15. The van der Waals surface area contributed by atoms with Crippen LogP contribution in [0.1, 0.15) is 24.2 Å². The van der Waals surface area contributed by atoms with Crippen LogP contribution < -0.4 is 5.32 Å². The van der Waals surface area contributed by atoms with Crippen molar-refractivity contribution >= 4 is 17.3 Å².